The quantitative estimate of drug-likeness (QED) is 0.793. The van der Waals surface area contributed by atoms with Gasteiger partial charge in [0.2, 0.25) is 0 Å². The van der Waals surface area contributed by atoms with E-state index in [-0.39, 0.29) is 0 Å². The molecule has 1 aromatic heterocycles. The molecule has 2 rings (SSSR count). The van der Waals surface area contributed by atoms with Crippen molar-refractivity contribution >= 4 is 0 Å². The van der Waals surface area contributed by atoms with Gasteiger partial charge in [-0.15, -0.1) is 0 Å². The van der Waals surface area contributed by atoms with Crippen LogP contribution in [0.3, 0.4) is 0 Å². The first-order valence-electron chi connectivity index (χ1n) is 4.94. The van der Waals surface area contributed by atoms with Crippen LogP contribution in [-0.4, -0.2) is 12.1 Å². The van der Waals surface area contributed by atoms with E-state index in [1.165, 1.54) is 31.6 Å². The molecule has 0 saturated heterocycles. The minimum absolute atomic E-state index is 0.314. The molecular formula is C13H9FN2O. The maximum Gasteiger partial charge on any atom is 0.131 e. The lowest BCUT2D eigenvalue weighted by Gasteiger charge is -2.07. The summed E-state index contributed by atoms with van der Waals surface area (Å²) in [5, 5.41) is 8.97. The Morgan fingerprint density at radius 3 is 2.82 bits per heavy atom. The second-order valence-electron chi connectivity index (χ2n) is 3.38. The van der Waals surface area contributed by atoms with E-state index in [0.717, 1.165) is 0 Å². The van der Waals surface area contributed by atoms with Gasteiger partial charge in [0.1, 0.15) is 11.6 Å². The van der Waals surface area contributed by atoms with E-state index in [1.807, 2.05) is 6.07 Å². The Balaban J connectivity index is 2.64. The third-order valence-electron chi connectivity index (χ3n) is 2.41. The van der Waals surface area contributed by atoms with Crippen LogP contribution in [0.2, 0.25) is 0 Å². The second kappa shape index (κ2) is 4.62. The number of ether oxygens (including phenoxy) is 1. The first-order valence-corrected chi connectivity index (χ1v) is 4.94. The molecule has 0 saturated carbocycles. The second-order valence-corrected chi connectivity index (χ2v) is 3.38. The van der Waals surface area contributed by atoms with E-state index >= 15 is 0 Å². The smallest absolute Gasteiger partial charge is 0.131 e. The Labute approximate surface area is 98.1 Å². The molecule has 0 fully saturated rings. The summed E-state index contributed by atoms with van der Waals surface area (Å²) in [6, 6.07) is 7.95. The number of pyridine rings is 1. The molecule has 17 heavy (non-hydrogen) atoms. The van der Waals surface area contributed by atoms with Gasteiger partial charge in [0, 0.05) is 23.5 Å². The highest BCUT2D eigenvalue weighted by molar-refractivity contribution is 5.71. The van der Waals surface area contributed by atoms with E-state index in [0.29, 0.717) is 22.4 Å². The molecule has 1 aromatic carbocycles. The fraction of sp³-hybridized carbons (Fsp3) is 0.0769. The summed E-state index contributed by atoms with van der Waals surface area (Å²) in [7, 11) is 1.51. The topological polar surface area (TPSA) is 45.9 Å². The molecule has 2 aromatic rings. The van der Waals surface area contributed by atoms with Gasteiger partial charge in [0.05, 0.1) is 18.7 Å². The normalized spacial score (nSPS) is 9.71. The summed E-state index contributed by atoms with van der Waals surface area (Å²) < 4.78 is 18.8. The summed E-state index contributed by atoms with van der Waals surface area (Å²) >= 11 is 0. The van der Waals surface area contributed by atoms with Crippen LogP contribution in [-0.2, 0) is 0 Å². The van der Waals surface area contributed by atoms with E-state index < -0.39 is 5.82 Å². The lowest BCUT2D eigenvalue weighted by molar-refractivity contribution is 0.414. The summed E-state index contributed by atoms with van der Waals surface area (Å²) in [6.45, 7) is 0. The van der Waals surface area contributed by atoms with E-state index in [2.05, 4.69) is 4.98 Å². The van der Waals surface area contributed by atoms with Crippen molar-refractivity contribution in [1.82, 2.24) is 4.98 Å². The highest BCUT2D eigenvalue weighted by Gasteiger charge is 2.10. The zero-order valence-electron chi connectivity index (χ0n) is 9.14. The number of nitriles is 1. The van der Waals surface area contributed by atoms with Crippen LogP contribution < -0.4 is 4.74 Å². The summed E-state index contributed by atoms with van der Waals surface area (Å²) in [5.74, 6) is 0.129. The van der Waals surface area contributed by atoms with Crippen LogP contribution in [0.1, 0.15) is 5.56 Å². The van der Waals surface area contributed by atoms with Crippen LogP contribution in [0.25, 0.3) is 11.1 Å². The van der Waals surface area contributed by atoms with Crippen LogP contribution in [0.4, 0.5) is 4.39 Å². The minimum Gasteiger partial charge on any atom is -0.497 e. The number of benzene rings is 1. The van der Waals surface area contributed by atoms with E-state index in [1.54, 1.807) is 12.1 Å². The molecule has 0 unspecified atom stereocenters. The van der Waals surface area contributed by atoms with Crippen molar-refractivity contribution in [3.8, 4) is 22.9 Å². The van der Waals surface area contributed by atoms with Crippen LogP contribution in [0, 0.1) is 17.1 Å². The molecule has 1 heterocycles. The number of methoxy groups -OCH3 is 1. The van der Waals surface area contributed by atoms with Crippen molar-refractivity contribution in [3.05, 3.63) is 48.0 Å². The largest absolute Gasteiger partial charge is 0.497 e. The number of hydrogen-bond donors (Lipinski definition) is 0. The van der Waals surface area contributed by atoms with Crippen molar-refractivity contribution in [1.29, 1.82) is 5.26 Å². The van der Waals surface area contributed by atoms with Crippen LogP contribution in [0.5, 0.6) is 5.75 Å². The predicted molar refractivity (Wildman–Crippen MR) is 60.9 cm³/mol. The predicted octanol–water partition coefficient (Wildman–Crippen LogP) is 2.77. The number of halogens is 1. The van der Waals surface area contributed by atoms with Crippen molar-refractivity contribution < 1.29 is 9.13 Å². The molecule has 0 bridgehead atoms. The molecule has 0 spiro atoms. The Kier molecular flexibility index (Phi) is 3.01. The average molecular weight is 228 g/mol. The van der Waals surface area contributed by atoms with Crippen molar-refractivity contribution in [2.45, 2.75) is 0 Å². The maximum atomic E-state index is 13.7. The third kappa shape index (κ3) is 2.08. The van der Waals surface area contributed by atoms with Crippen molar-refractivity contribution in [2.75, 3.05) is 7.11 Å². The Bertz CT molecular complexity index is 590. The van der Waals surface area contributed by atoms with Gasteiger partial charge in [-0.3, -0.25) is 4.98 Å². The zero-order valence-corrected chi connectivity index (χ0v) is 9.14. The van der Waals surface area contributed by atoms with Gasteiger partial charge >= 0.3 is 0 Å². The van der Waals surface area contributed by atoms with Gasteiger partial charge in [0.25, 0.3) is 0 Å². The monoisotopic (exact) mass is 228 g/mol. The van der Waals surface area contributed by atoms with Crippen molar-refractivity contribution in [2.24, 2.45) is 0 Å². The molecule has 3 nitrogen and oxygen atoms in total. The zero-order chi connectivity index (χ0) is 12.3. The van der Waals surface area contributed by atoms with E-state index in [4.69, 9.17) is 10.00 Å². The summed E-state index contributed by atoms with van der Waals surface area (Å²) in [6.07, 6.45) is 2.97. The Morgan fingerprint density at radius 2 is 2.12 bits per heavy atom. The number of hydrogen-bond acceptors (Lipinski definition) is 3. The third-order valence-corrected chi connectivity index (χ3v) is 2.41. The van der Waals surface area contributed by atoms with Gasteiger partial charge < -0.3 is 4.74 Å². The van der Waals surface area contributed by atoms with Gasteiger partial charge in [-0.05, 0) is 24.3 Å². The highest BCUT2D eigenvalue weighted by Crippen LogP contribution is 2.28. The molecule has 0 atom stereocenters. The van der Waals surface area contributed by atoms with Gasteiger partial charge in [-0.1, -0.05) is 0 Å². The molecule has 0 N–H and O–H groups in total. The first-order chi connectivity index (χ1) is 8.26. The average Bonchev–Trinajstić information content (AvgIpc) is 2.39. The molecule has 84 valence electrons. The minimum atomic E-state index is -0.407. The lowest BCUT2D eigenvalue weighted by Crippen LogP contribution is -1.91. The number of aromatic nitrogens is 1. The molecular weight excluding hydrogens is 219 g/mol. The van der Waals surface area contributed by atoms with Crippen molar-refractivity contribution in [3.63, 3.8) is 0 Å². The number of rotatable bonds is 2. The Morgan fingerprint density at radius 1 is 1.29 bits per heavy atom. The molecule has 0 aliphatic carbocycles. The van der Waals surface area contributed by atoms with Gasteiger partial charge in [-0.25, -0.2) is 4.39 Å². The maximum absolute atomic E-state index is 13.7. The fourth-order valence-corrected chi connectivity index (χ4v) is 1.54. The van der Waals surface area contributed by atoms with E-state index in [9.17, 15) is 4.39 Å². The van der Waals surface area contributed by atoms with Crippen LogP contribution in [0.15, 0.2) is 36.7 Å². The molecule has 0 amide bonds. The SMILES string of the molecule is COc1ccc(F)c(-c2cnccc2C#N)c1. The first kappa shape index (κ1) is 11.1. The van der Waals surface area contributed by atoms with Gasteiger partial charge in [0.15, 0.2) is 0 Å². The van der Waals surface area contributed by atoms with Gasteiger partial charge in [-0.2, -0.15) is 5.26 Å². The molecule has 0 aliphatic rings. The molecule has 0 radical (unpaired) electrons. The standard InChI is InChI=1S/C13H9FN2O/c1-17-10-2-3-13(14)11(6-10)12-8-16-5-4-9(12)7-15/h2-6,8H,1H3. The Hall–Kier alpha value is -2.41. The molecule has 4 heteroatoms. The summed E-state index contributed by atoms with van der Waals surface area (Å²) in [5.41, 5.74) is 1.16. The lowest BCUT2D eigenvalue weighted by atomic mass is 10.0. The molecule has 0 aliphatic heterocycles. The van der Waals surface area contributed by atoms with Crippen LogP contribution >= 0.6 is 0 Å². The highest BCUT2D eigenvalue weighted by atomic mass is 19.1. The summed E-state index contributed by atoms with van der Waals surface area (Å²) in [4.78, 5) is 3.91. The number of nitrogens with zero attached hydrogens (tertiary/aromatic N) is 2. The fourth-order valence-electron chi connectivity index (χ4n) is 1.54.